The van der Waals surface area contributed by atoms with E-state index >= 15 is 0 Å². The number of benzene rings is 1. The van der Waals surface area contributed by atoms with Crippen molar-refractivity contribution in [3.05, 3.63) is 18.2 Å². The normalized spacial score (nSPS) is 19.1. The first kappa shape index (κ1) is 15.5. The summed E-state index contributed by atoms with van der Waals surface area (Å²) in [5, 5.41) is 0.572. The number of anilines is 1. The molecule has 1 unspecified atom stereocenters. The Hall–Kier alpha value is -1.38. The maximum absolute atomic E-state index is 12.1. The SMILES string of the molecule is COc1ccc2nc(N3CC(CS(=O)(=O)Cl)CC3=O)sc2c1. The van der Waals surface area contributed by atoms with E-state index in [1.165, 1.54) is 16.2 Å². The molecule has 1 aliphatic heterocycles. The van der Waals surface area contributed by atoms with Crippen LogP contribution in [0.2, 0.25) is 0 Å². The van der Waals surface area contributed by atoms with Gasteiger partial charge in [0.05, 0.1) is 23.1 Å². The number of fused-ring (bicyclic) bond motifs is 1. The number of carbonyl (C=O) groups excluding carboxylic acids is 1. The molecule has 22 heavy (non-hydrogen) atoms. The van der Waals surface area contributed by atoms with E-state index in [0.29, 0.717) is 11.7 Å². The number of hydrogen-bond donors (Lipinski definition) is 0. The summed E-state index contributed by atoms with van der Waals surface area (Å²) < 4.78 is 28.4. The first-order chi connectivity index (χ1) is 10.4. The zero-order chi connectivity index (χ0) is 15.9. The zero-order valence-electron chi connectivity index (χ0n) is 11.7. The molecule has 1 aliphatic rings. The predicted octanol–water partition coefficient (Wildman–Crippen LogP) is 2.23. The van der Waals surface area contributed by atoms with Gasteiger partial charge in [-0.1, -0.05) is 11.3 Å². The topological polar surface area (TPSA) is 76.6 Å². The Bertz CT molecular complexity index is 834. The molecule has 1 fully saturated rings. The summed E-state index contributed by atoms with van der Waals surface area (Å²) in [5.41, 5.74) is 0.780. The Morgan fingerprint density at radius 2 is 2.27 bits per heavy atom. The Morgan fingerprint density at radius 3 is 2.95 bits per heavy atom. The third-order valence-corrected chi connectivity index (χ3v) is 5.74. The van der Waals surface area contributed by atoms with Crippen molar-refractivity contribution in [2.24, 2.45) is 5.92 Å². The molecule has 2 heterocycles. The van der Waals surface area contributed by atoms with Gasteiger partial charge in [0.25, 0.3) is 0 Å². The van der Waals surface area contributed by atoms with Crippen molar-refractivity contribution < 1.29 is 17.9 Å². The fourth-order valence-corrected chi connectivity index (χ4v) is 4.84. The number of amides is 1. The third kappa shape index (κ3) is 3.18. The number of ether oxygens (including phenoxy) is 1. The lowest BCUT2D eigenvalue weighted by Gasteiger charge is -2.12. The molecule has 1 saturated heterocycles. The molecule has 0 bridgehead atoms. The number of thiazole rings is 1. The molecule has 0 saturated carbocycles. The van der Waals surface area contributed by atoms with E-state index in [1.807, 2.05) is 12.1 Å². The summed E-state index contributed by atoms with van der Waals surface area (Å²) in [4.78, 5) is 18.1. The highest BCUT2D eigenvalue weighted by Gasteiger charge is 2.34. The highest BCUT2D eigenvalue weighted by molar-refractivity contribution is 8.13. The average Bonchev–Trinajstić information content (AvgIpc) is 2.98. The fourth-order valence-electron chi connectivity index (χ4n) is 2.49. The van der Waals surface area contributed by atoms with Crippen LogP contribution in [0.15, 0.2) is 18.2 Å². The lowest BCUT2D eigenvalue weighted by atomic mass is 10.1. The first-order valence-corrected chi connectivity index (χ1v) is 9.82. The molecule has 0 radical (unpaired) electrons. The van der Waals surface area contributed by atoms with Gasteiger partial charge in [-0.15, -0.1) is 0 Å². The van der Waals surface area contributed by atoms with Crippen molar-refractivity contribution in [1.82, 2.24) is 4.98 Å². The molecule has 1 aromatic carbocycles. The Morgan fingerprint density at radius 1 is 1.50 bits per heavy atom. The van der Waals surface area contributed by atoms with Crippen molar-refractivity contribution in [2.45, 2.75) is 6.42 Å². The number of halogens is 1. The van der Waals surface area contributed by atoms with Gasteiger partial charge in [-0.3, -0.25) is 9.69 Å². The second kappa shape index (κ2) is 5.68. The van der Waals surface area contributed by atoms with Crippen LogP contribution in [0.1, 0.15) is 6.42 Å². The molecule has 2 aromatic rings. The van der Waals surface area contributed by atoms with Gasteiger partial charge in [0.1, 0.15) is 5.75 Å². The summed E-state index contributed by atoms with van der Waals surface area (Å²) in [6, 6.07) is 5.49. The van der Waals surface area contributed by atoms with E-state index in [4.69, 9.17) is 15.4 Å². The Balaban J connectivity index is 1.86. The number of rotatable bonds is 4. The highest BCUT2D eigenvalue weighted by atomic mass is 35.7. The molecular formula is C13H13ClN2O4S2. The van der Waals surface area contributed by atoms with Crippen LogP contribution < -0.4 is 9.64 Å². The molecule has 0 aliphatic carbocycles. The van der Waals surface area contributed by atoms with E-state index in [-0.39, 0.29) is 24.0 Å². The second-order valence-corrected chi connectivity index (χ2v) is 8.94. The van der Waals surface area contributed by atoms with E-state index in [0.717, 1.165) is 16.0 Å². The summed E-state index contributed by atoms with van der Waals surface area (Å²) >= 11 is 1.38. The van der Waals surface area contributed by atoms with Gasteiger partial charge < -0.3 is 4.74 Å². The standard InChI is InChI=1S/C13H13ClN2O4S2/c1-20-9-2-3-10-11(5-9)21-13(15-10)16-6-8(4-12(16)17)7-22(14,18)19/h2-3,5,8H,4,6-7H2,1H3. The highest BCUT2D eigenvalue weighted by Crippen LogP contribution is 2.34. The Labute approximate surface area is 136 Å². The van der Waals surface area contributed by atoms with Crippen LogP contribution in [0.4, 0.5) is 5.13 Å². The smallest absolute Gasteiger partial charge is 0.232 e. The van der Waals surface area contributed by atoms with Crippen LogP contribution in [0.3, 0.4) is 0 Å². The van der Waals surface area contributed by atoms with Gasteiger partial charge in [-0.25, -0.2) is 13.4 Å². The molecular weight excluding hydrogens is 348 g/mol. The maximum atomic E-state index is 12.1. The quantitative estimate of drug-likeness (QED) is 0.781. The van der Waals surface area contributed by atoms with E-state index in [1.54, 1.807) is 13.2 Å². The van der Waals surface area contributed by atoms with Gasteiger partial charge in [0.2, 0.25) is 15.0 Å². The number of carbonyl (C=O) groups is 1. The minimum Gasteiger partial charge on any atom is -0.497 e. The van der Waals surface area contributed by atoms with Crippen LogP contribution in [0.5, 0.6) is 5.75 Å². The maximum Gasteiger partial charge on any atom is 0.232 e. The van der Waals surface area contributed by atoms with Crippen molar-refractivity contribution in [2.75, 3.05) is 24.3 Å². The van der Waals surface area contributed by atoms with Crippen LogP contribution in [0.25, 0.3) is 10.2 Å². The van der Waals surface area contributed by atoms with Crippen molar-refractivity contribution in [3.8, 4) is 5.75 Å². The molecule has 118 valence electrons. The lowest BCUT2D eigenvalue weighted by Crippen LogP contribution is -2.25. The lowest BCUT2D eigenvalue weighted by molar-refractivity contribution is -0.117. The monoisotopic (exact) mass is 360 g/mol. The van der Waals surface area contributed by atoms with Crippen LogP contribution >= 0.6 is 22.0 Å². The minimum absolute atomic E-state index is 0.128. The summed E-state index contributed by atoms with van der Waals surface area (Å²) in [5.74, 6) is 0.102. The average molecular weight is 361 g/mol. The van der Waals surface area contributed by atoms with Gasteiger partial charge in [-0.2, -0.15) is 0 Å². The molecule has 1 amide bonds. The molecule has 0 spiro atoms. The fraction of sp³-hybridized carbons (Fsp3) is 0.385. The first-order valence-electron chi connectivity index (χ1n) is 6.53. The minimum atomic E-state index is -3.61. The number of nitrogens with zero attached hydrogens (tertiary/aromatic N) is 2. The summed E-state index contributed by atoms with van der Waals surface area (Å²) in [6.07, 6.45) is 0.172. The van der Waals surface area contributed by atoms with Gasteiger partial charge in [0.15, 0.2) is 5.13 Å². The molecule has 6 nitrogen and oxygen atoms in total. The van der Waals surface area contributed by atoms with Crippen molar-refractivity contribution >= 4 is 52.3 Å². The van der Waals surface area contributed by atoms with Crippen LogP contribution in [0, 0.1) is 5.92 Å². The van der Waals surface area contributed by atoms with Gasteiger partial charge in [0, 0.05) is 29.6 Å². The molecule has 9 heteroatoms. The molecule has 0 N–H and O–H groups in total. The van der Waals surface area contributed by atoms with Crippen LogP contribution in [-0.4, -0.2) is 38.7 Å². The largest absolute Gasteiger partial charge is 0.497 e. The third-order valence-electron chi connectivity index (χ3n) is 3.46. The molecule has 1 aromatic heterocycles. The van der Waals surface area contributed by atoms with E-state index in [9.17, 15) is 13.2 Å². The summed E-state index contributed by atoms with van der Waals surface area (Å²) in [6.45, 7) is 0.321. The number of aromatic nitrogens is 1. The number of hydrogen-bond acceptors (Lipinski definition) is 6. The second-order valence-electron chi connectivity index (χ2n) is 5.11. The molecule has 1 atom stereocenters. The Kier molecular flexibility index (Phi) is 4.00. The number of methoxy groups -OCH3 is 1. The van der Waals surface area contributed by atoms with Crippen molar-refractivity contribution in [1.29, 1.82) is 0 Å². The predicted molar refractivity (Wildman–Crippen MR) is 86.3 cm³/mol. The zero-order valence-corrected chi connectivity index (χ0v) is 14.0. The van der Waals surface area contributed by atoms with E-state index in [2.05, 4.69) is 4.98 Å². The van der Waals surface area contributed by atoms with E-state index < -0.39 is 9.05 Å². The van der Waals surface area contributed by atoms with Crippen LogP contribution in [-0.2, 0) is 13.8 Å². The summed E-state index contributed by atoms with van der Waals surface area (Å²) in [7, 11) is 3.24. The van der Waals surface area contributed by atoms with Gasteiger partial charge >= 0.3 is 0 Å². The van der Waals surface area contributed by atoms with Crippen molar-refractivity contribution in [3.63, 3.8) is 0 Å². The molecule has 3 rings (SSSR count). The van der Waals surface area contributed by atoms with Gasteiger partial charge in [-0.05, 0) is 18.2 Å².